The van der Waals surface area contributed by atoms with E-state index in [2.05, 4.69) is 22.6 Å². The highest BCUT2D eigenvalue weighted by Gasteiger charge is 2.23. The molecule has 0 unspecified atom stereocenters. The first-order valence-electron chi connectivity index (χ1n) is 6.38. The Kier molecular flexibility index (Phi) is 4.26. The van der Waals surface area contributed by atoms with Crippen LogP contribution in [-0.4, -0.2) is 35.1 Å². The Morgan fingerprint density at radius 1 is 1.48 bits per heavy atom. The van der Waals surface area contributed by atoms with E-state index in [0.717, 1.165) is 5.39 Å². The number of hydrogen-bond donors (Lipinski definition) is 4. The predicted molar refractivity (Wildman–Crippen MR) is 79.2 cm³/mol. The maximum atomic E-state index is 11.8. The van der Waals surface area contributed by atoms with Gasteiger partial charge in [-0.1, -0.05) is 12.0 Å². The van der Waals surface area contributed by atoms with Crippen LogP contribution in [-0.2, 0) is 6.42 Å². The number of benzene rings is 1. The lowest BCUT2D eigenvalue weighted by Crippen LogP contribution is -2.23. The molecule has 0 radical (unpaired) electrons. The van der Waals surface area contributed by atoms with Crippen molar-refractivity contribution in [3.8, 4) is 12.3 Å². The number of H-pyrrole nitrogens is 1. The molecule has 3 rings (SSSR count). The first kappa shape index (κ1) is 14.6. The van der Waals surface area contributed by atoms with Crippen molar-refractivity contribution in [2.75, 3.05) is 13.1 Å². The quantitative estimate of drug-likeness (QED) is 0.579. The van der Waals surface area contributed by atoms with Gasteiger partial charge in [-0.3, -0.25) is 4.79 Å². The van der Waals surface area contributed by atoms with Crippen LogP contribution in [0, 0.1) is 12.3 Å². The Morgan fingerprint density at radius 2 is 2.19 bits per heavy atom. The fourth-order valence-electron chi connectivity index (χ4n) is 2.33. The fourth-order valence-corrected chi connectivity index (χ4v) is 2.33. The van der Waals surface area contributed by atoms with Crippen molar-refractivity contribution in [1.82, 2.24) is 10.3 Å². The first-order chi connectivity index (χ1) is 10.1. The smallest absolute Gasteiger partial charge is 0.352 e. The average Bonchev–Trinajstić information content (AvgIpc) is 2.77. The highest BCUT2D eigenvalue weighted by Crippen LogP contribution is 2.28. The Hall–Kier alpha value is -2.78. The van der Waals surface area contributed by atoms with E-state index in [4.69, 9.17) is 10.8 Å². The number of terminal acetylenes is 1. The van der Waals surface area contributed by atoms with Crippen LogP contribution in [0.25, 0.3) is 10.9 Å². The molecule has 0 aliphatic carbocycles. The molecule has 0 fully saturated rings. The van der Waals surface area contributed by atoms with E-state index in [9.17, 15) is 9.59 Å². The molecule has 1 amide bonds. The molecule has 6 nitrogen and oxygen atoms in total. The van der Waals surface area contributed by atoms with Gasteiger partial charge in [-0.15, -0.1) is 6.42 Å². The number of aromatic carboxylic acids is 1. The molecule has 0 spiro atoms. The van der Waals surface area contributed by atoms with Crippen LogP contribution in [0.5, 0.6) is 0 Å². The monoisotopic (exact) mass is 285 g/mol. The largest absolute Gasteiger partial charge is 0.477 e. The summed E-state index contributed by atoms with van der Waals surface area (Å²) in [5.41, 5.74) is 6.93. The third-order valence-electron chi connectivity index (χ3n) is 3.16. The number of amides is 1. The van der Waals surface area contributed by atoms with Crippen molar-refractivity contribution in [2.24, 2.45) is 5.73 Å². The topological polar surface area (TPSA) is 108 Å². The van der Waals surface area contributed by atoms with Gasteiger partial charge in [-0.2, -0.15) is 0 Å². The Morgan fingerprint density at radius 3 is 2.81 bits per heavy atom. The number of rotatable bonds is 1. The lowest BCUT2D eigenvalue weighted by atomic mass is 10.0. The van der Waals surface area contributed by atoms with E-state index < -0.39 is 5.97 Å². The third-order valence-corrected chi connectivity index (χ3v) is 3.16. The summed E-state index contributed by atoms with van der Waals surface area (Å²) in [5, 5.41) is 12.6. The van der Waals surface area contributed by atoms with Gasteiger partial charge in [0.15, 0.2) is 0 Å². The number of carboxylic acid groups (broad SMARTS) is 1. The minimum Gasteiger partial charge on any atom is -0.477 e. The van der Waals surface area contributed by atoms with Crippen LogP contribution in [0.1, 0.15) is 26.4 Å². The summed E-state index contributed by atoms with van der Waals surface area (Å²) < 4.78 is 0. The molecule has 21 heavy (non-hydrogen) atoms. The van der Waals surface area contributed by atoms with E-state index in [1.165, 1.54) is 0 Å². The van der Waals surface area contributed by atoms with Gasteiger partial charge in [0.05, 0.1) is 6.54 Å². The minimum absolute atomic E-state index is 0.148. The molecule has 108 valence electrons. The maximum Gasteiger partial charge on any atom is 0.352 e. The summed E-state index contributed by atoms with van der Waals surface area (Å²) in [7, 11) is 0. The Labute approximate surface area is 121 Å². The van der Waals surface area contributed by atoms with E-state index in [1.54, 1.807) is 18.2 Å². The zero-order valence-corrected chi connectivity index (χ0v) is 11.3. The van der Waals surface area contributed by atoms with Crippen molar-refractivity contribution in [3.63, 3.8) is 0 Å². The number of hydrogen-bond acceptors (Lipinski definition) is 3. The number of carbonyl (C=O) groups is 2. The average molecular weight is 285 g/mol. The van der Waals surface area contributed by atoms with Crippen LogP contribution >= 0.6 is 0 Å². The van der Waals surface area contributed by atoms with Gasteiger partial charge in [0.1, 0.15) is 5.69 Å². The van der Waals surface area contributed by atoms with Gasteiger partial charge >= 0.3 is 5.97 Å². The predicted octanol–water partition coefficient (Wildman–Crippen LogP) is 0.730. The van der Waals surface area contributed by atoms with Gasteiger partial charge in [0, 0.05) is 23.0 Å². The molecule has 1 aromatic carbocycles. The van der Waals surface area contributed by atoms with E-state index in [0.29, 0.717) is 36.2 Å². The zero-order chi connectivity index (χ0) is 15.4. The number of nitrogens with two attached hydrogens (primary N) is 1. The second-order valence-corrected chi connectivity index (χ2v) is 4.43. The van der Waals surface area contributed by atoms with Gasteiger partial charge in [-0.05, 0) is 24.1 Å². The molecule has 2 heterocycles. The highest BCUT2D eigenvalue weighted by atomic mass is 16.4. The molecular formula is C15H15N3O3. The molecule has 5 N–H and O–H groups in total. The van der Waals surface area contributed by atoms with Gasteiger partial charge in [-0.25, -0.2) is 4.79 Å². The first-order valence-corrected chi connectivity index (χ1v) is 6.38. The standard InChI is InChI=1S/C12H10N2O3.C3H5N/c15-11-7-2-1-3-8-9(7)6(4-5-13-11)10(14-8)12(16)17;1-2-3-4/h1-3,14H,4-5H2,(H,13,15)(H,16,17);1H,3-4H2. The summed E-state index contributed by atoms with van der Waals surface area (Å²) in [6.45, 7) is 0.806. The third kappa shape index (κ3) is 2.73. The molecule has 0 atom stereocenters. The van der Waals surface area contributed by atoms with Crippen LogP contribution in [0.4, 0.5) is 0 Å². The summed E-state index contributed by atoms with van der Waals surface area (Å²) in [6.07, 6.45) is 5.18. The summed E-state index contributed by atoms with van der Waals surface area (Å²) in [4.78, 5) is 25.8. The van der Waals surface area contributed by atoms with Crippen LogP contribution < -0.4 is 11.1 Å². The highest BCUT2D eigenvalue weighted by molar-refractivity contribution is 6.11. The number of aromatic nitrogens is 1. The lowest BCUT2D eigenvalue weighted by Gasteiger charge is -2.00. The van der Waals surface area contributed by atoms with Crippen molar-refractivity contribution < 1.29 is 14.7 Å². The van der Waals surface area contributed by atoms with E-state index in [1.807, 2.05) is 0 Å². The van der Waals surface area contributed by atoms with Crippen molar-refractivity contribution >= 4 is 22.8 Å². The molecule has 1 aliphatic heterocycles. The minimum atomic E-state index is -0.989. The molecule has 0 saturated carbocycles. The second-order valence-electron chi connectivity index (χ2n) is 4.43. The molecule has 0 bridgehead atoms. The lowest BCUT2D eigenvalue weighted by molar-refractivity contribution is 0.0690. The maximum absolute atomic E-state index is 11.8. The number of nitrogens with one attached hydrogen (secondary N) is 2. The van der Waals surface area contributed by atoms with Crippen LogP contribution in [0.3, 0.4) is 0 Å². The van der Waals surface area contributed by atoms with Gasteiger partial charge in [0.25, 0.3) is 5.91 Å². The zero-order valence-electron chi connectivity index (χ0n) is 11.3. The van der Waals surface area contributed by atoms with Gasteiger partial charge < -0.3 is 21.1 Å². The summed E-state index contributed by atoms with van der Waals surface area (Å²) in [6, 6.07) is 5.24. The van der Waals surface area contributed by atoms with Crippen molar-refractivity contribution in [1.29, 1.82) is 0 Å². The van der Waals surface area contributed by atoms with Crippen LogP contribution in [0.2, 0.25) is 0 Å². The number of aromatic amines is 1. The van der Waals surface area contributed by atoms with E-state index >= 15 is 0 Å². The normalized spacial score (nSPS) is 12.7. The Bertz CT molecular complexity index is 740. The second kappa shape index (κ2) is 6.11. The van der Waals surface area contributed by atoms with Crippen molar-refractivity contribution in [2.45, 2.75) is 6.42 Å². The van der Waals surface area contributed by atoms with Crippen molar-refractivity contribution in [3.05, 3.63) is 35.0 Å². The van der Waals surface area contributed by atoms with Gasteiger partial charge in [0.2, 0.25) is 0 Å². The molecule has 1 aromatic heterocycles. The Balaban J connectivity index is 0.000000361. The van der Waals surface area contributed by atoms with Crippen LogP contribution in [0.15, 0.2) is 18.2 Å². The SMILES string of the molecule is C#CCN.O=C(O)c1[nH]c2cccc3c2c1CCNC3=O. The number of carboxylic acids is 1. The summed E-state index contributed by atoms with van der Waals surface area (Å²) in [5.74, 6) is 1.07. The number of carbonyl (C=O) groups excluding carboxylic acids is 1. The molecular weight excluding hydrogens is 270 g/mol. The fraction of sp³-hybridized carbons (Fsp3) is 0.200. The molecule has 0 saturated heterocycles. The summed E-state index contributed by atoms with van der Waals surface area (Å²) >= 11 is 0. The van der Waals surface area contributed by atoms with E-state index in [-0.39, 0.29) is 11.6 Å². The molecule has 6 heteroatoms. The molecule has 2 aromatic rings. The molecule has 1 aliphatic rings.